The zero-order chi connectivity index (χ0) is 14.3. The summed E-state index contributed by atoms with van der Waals surface area (Å²) in [6, 6.07) is 6.49. The number of nitrogens with zero attached hydrogens (tertiary/aromatic N) is 1. The van der Waals surface area contributed by atoms with Crippen LogP contribution in [-0.4, -0.2) is 4.57 Å². The molecular formula is C16H21ClN2S. The van der Waals surface area contributed by atoms with Gasteiger partial charge in [-0.1, -0.05) is 25.4 Å². The Balaban J connectivity index is 1.78. The second-order valence-corrected chi connectivity index (χ2v) is 8.32. The maximum atomic E-state index is 6.32. The summed E-state index contributed by atoms with van der Waals surface area (Å²) >= 11 is 7.66. The van der Waals surface area contributed by atoms with E-state index in [0.29, 0.717) is 5.41 Å². The van der Waals surface area contributed by atoms with Crippen molar-refractivity contribution in [1.29, 1.82) is 0 Å². The van der Waals surface area contributed by atoms with Gasteiger partial charge in [-0.15, -0.1) is 11.3 Å². The van der Waals surface area contributed by atoms with E-state index in [4.69, 9.17) is 17.3 Å². The van der Waals surface area contributed by atoms with Crippen molar-refractivity contribution in [2.75, 3.05) is 0 Å². The molecule has 3 rings (SSSR count). The Morgan fingerprint density at radius 1 is 1.40 bits per heavy atom. The molecule has 1 aliphatic rings. The molecular weight excluding hydrogens is 288 g/mol. The van der Waals surface area contributed by atoms with Gasteiger partial charge in [0.05, 0.1) is 4.34 Å². The van der Waals surface area contributed by atoms with Crippen LogP contribution < -0.4 is 5.73 Å². The zero-order valence-corrected chi connectivity index (χ0v) is 13.6. The van der Waals surface area contributed by atoms with E-state index in [2.05, 4.69) is 36.7 Å². The molecule has 0 fully saturated rings. The van der Waals surface area contributed by atoms with Gasteiger partial charge in [-0.25, -0.2) is 0 Å². The number of halogens is 1. The highest BCUT2D eigenvalue weighted by Gasteiger charge is 2.32. The fraction of sp³-hybridized carbons (Fsp3) is 0.500. The highest BCUT2D eigenvalue weighted by atomic mass is 35.5. The van der Waals surface area contributed by atoms with Crippen molar-refractivity contribution in [3.8, 4) is 0 Å². The van der Waals surface area contributed by atoms with Crippen molar-refractivity contribution in [3.63, 3.8) is 0 Å². The van der Waals surface area contributed by atoms with Gasteiger partial charge in [0.2, 0.25) is 0 Å². The van der Waals surface area contributed by atoms with Crippen LogP contribution >= 0.6 is 22.9 Å². The summed E-state index contributed by atoms with van der Waals surface area (Å²) in [6.07, 6.45) is 5.42. The molecule has 0 spiro atoms. The Hall–Kier alpha value is -0.770. The van der Waals surface area contributed by atoms with E-state index in [-0.39, 0.29) is 6.04 Å². The second kappa shape index (κ2) is 5.21. The highest BCUT2D eigenvalue weighted by molar-refractivity contribution is 7.16. The summed E-state index contributed by atoms with van der Waals surface area (Å²) < 4.78 is 3.25. The number of hydrogen-bond donors (Lipinski definition) is 1. The van der Waals surface area contributed by atoms with Crippen LogP contribution in [0, 0.1) is 5.41 Å². The van der Waals surface area contributed by atoms with Crippen LogP contribution in [0.1, 0.15) is 42.4 Å². The van der Waals surface area contributed by atoms with Crippen LogP contribution in [-0.2, 0) is 19.4 Å². The molecule has 0 saturated carbocycles. The normalized spacial score (nSPS) is 20.9. The molecule has 0 amide bonds. The van der Waals surface area contributed by atoms with Crippen LogP contribution in [0.2, 0.25) is 4.34 Å². The lowest BCUT2D eigenvalue weighted by Gasteiger charge is -2.34. The molecule has 0 aliphatic heterocycles. The van der Waals surface area contributed by atoms with Crippen molar-refractivity contribution in [3.05, 3.63) is 44.9 Å². The summed E-state index contributed by atoms with van der Waals surface area (Å²) in [7, 11) is 0. The minimum absolute atomic E-state index is 0.186. The molecule has 0 aromatic carbocycles. The first kappa shape index (κ1) is 14.2. The number of thiophene rings is 1. The van der Waals surface area contributed by atoms with Gasteiger partial charge in [0.25, 0.3) is 0 Å². The van der Waals surface area contributed by atoms with Crippen molar-refractivity contribution >= 4 is 22.9 Å². The predicted molar refractivity (Wildman–Crippen MR) is 86.5 cm³/mol. The smallest absolute Gasteiger partial charge is 0.0931 e. The number of nitrogens with two attached hydrogens (primary N) is 1. The quantitative estimate of drug-likeness (QED) is 0.894. The summed E-state index contributed by atoms with van der Waals surface area (Å²) in [5.41, 5.74) is 9.39. The first-order chi connectivity index (χ1) is 9.44. The van der Waals surface area contributed by atoms with Gasteiger partial charge in [0, 0.05) is 29.4 Å². The van der Waals surface area contributed by atoms with Gasteiger partial charge in [-0.2, -0.15) is 0 Å². The first-order valence-corrected chi connectivity index (χ1v) is 8.32. The van der Waals surface area contributed by atoms with Gasteiger partial charge >= 0.3 is 0 Å². The summed E-state index contributed by atoms with van der Waals surface area (Å²) in [5, 5.41) is 0. The number of hydrogen-bond acceptors (Lipinski definition) is 2. The number of aromatic nitrogens is 1. The Morgan fingerprint density at radius 2 is 2.20 bits per heavy atom. The van der Waals surface area contributed by atoms with Crippen molar-refractivity contribution < 1.29 is 0 Å². The minimum Gasteiger partial charge on any atom is -0.351 e. The zero-order valence-electron chi connectivity index (χ0n) is 12.0. The Bertz CT molecular complexity index is 612. The molecule has 4 heteroatoms. The average Bonchev–Trinajstić information content (AvgIpc) is 2.92. The third-order valence-corrected chi connectivity index (χ3v) is 5.45. The monoisotopic (exact) mass is 308 g/mol. The number of rotatable bonds is 3. The van der Waals surface area contributed by atoms with E-state index in [1.807, 2.05) is 6.07 Å². The Kier molecular flexibility index (Phi) is 3.69. The first-order valence-electron chi connectivity index (χ1n) is 7.12. The average molecular weight is 309 g/mol. The standard InChI is InChI=1S/C16H21ClN2S/c1-16(2)9-13(18)12-6-8-19(14(12)10-16)7-5-11-3-4-15(17)20-11/h3-4,6,8,13H,5,7,9-10,18H2,1-2H3. The maximum absolute atomic E-state index is 6.32. The van der Waals surface area contributed by atoms with E-state index in [1.54, 1.807) is 11.3 Å². The second-order valence-electron chi connectivity index (χ2n) is 6.52. The lowest BCUT2D eigenvalue weighted by molar-refractivity contribution is 0.275. The predicted octanol–water partition coefficient (Wildman–Crippen LogP) is 4.42. The SMILES string of the molecule is CC1(C)Cc2c(ccn2CCc2ccc(Cl)s2)C(N)C1. The van der Waals surface area contributed by atoms with E-state index in [1.165, 1.54) is 16.1 Å². The van der Waals surface area contributed by atoms with Crippen LogP contribution in [0.4, 0.5) is 0 Å². The molecule has 0 saturated heterocycles. The van der Waals surface area contributed by atoms with Crippen LogP contribution in [0.25, 0.3) is 0 Å². The third kappa shape index (κ3) is 2.80. The van der Waals surface area contributed by atoms with Crippen molar-refractivity contribution in [2.45, 2.75) is 45.7 Å². The Morgan fingerprint density at radius 3 is 2.90 bits per heavy atom. The number of aryl methyl sites for hydroxylation is 2. The van der Waals surface area contributed by atoms with Gasteiger partial charge in [0.15, 0.2) is 0 Å². The molecule has 2 N–H and O–H groups in total. The summed E-state index contributed by atoms with van der Waals surface area (Å²) in [5.74, 6) is 0. The topological polar surface area (TPSA) is 30.9 Å². The molecule has 20 heavy (non-hydrogen) atoms. The van der Waals surface area contributed by atoms with Gasteiger partial charge in [-0.3, -0.25) is 0 Å². The van der Waals surface area contributed by atoms with Crippen LogP contribution in [0.5, 0.6) is 0 Å². The van der Waals surface area contributed by atoms with E-state index >= 15 is 0 Å². The minimum atomic E-state index is 0.186. The number of fused-ring (bicyclic) bond motifs is 1. The van der Waals surface area contributed by atoms with E-state index in [9.17, 15) is 0 Å². The molecule has 1 unspecified atom stereocenters. The maximum Gasteiger partial charge on any atom is 0.0931 e. The molecule has 108 valence electrons. The third-order valence-electron chi connectivity index (χ3n) is 4.16. The lowest BCUT2D eigenvalue weighted by atomic mass is 9.74. The molecule has 2 aromatic heterocycles. The van der Waals surface area contributed by atoms with Gasteiger partial charge in [-0.05, 0) is 48.4 Å². The van der Waals surface area contributed by atoms with Gasteiger partial charge in [0.1, 0.15) is 0 Å². The van der Waals surface area contributed by atoms with Crippen LogP contribution in [0.15, 0.2) is 24.4 Å². The molecule has 2 heterocycles. The molecule has 1 aliphatic carbocycles. The van der Waals surface area contributed by atoms with Crippen molar-refractivity contribution in [2.24, 2.45) is 11.1 Å². The molecule has 0 radical (unpaired) electrons. The van der Waals surface area contributed by atoms with E-state index in [0.717, 1.165) is 30.1 Å². The molecule has 2 nitrogen and oxygen atoms in total. The fourth-order valence-corrected chi connectivity index (χ4v) is 4.30. The van der Waals surface area contributed by atoms with Gasteiger partial charge < -0.3 is 10.3 Å². The molecule has 1 atom stereocenters. The molecule has 2 aromatic rings. The summed E-state index contributed by atoms with van der Waals surface area (Å²) in [4.78, 5) is 1.34. The fourth-order valence-electron chi connectivity index (χ4n) is 3.22. The molecule has 0 bridgehead atoms. The lowest BCUT2D eigenvalue weighted by Crippen LogP contribution is -2.30. The highest BCUT2D eigenvalue weighted by Crippen LogP contribution is 2.40. The Labute approximate surface area is 129 Å². The summed E-state index contributed by atoms with van der Waals surface area (Å²) in [6.45, 7) is 5.63. The van der Waals surface area contributed by atoms with Crippen LogP contribution in [0.3, 0.4) is 0 Å². The largest absolute Gasteiger partial charge is 0.351 e. The van der Waals surface area contributed by atoms with Crippen molar-refractivity contribution in [1.82, 2.24) is 4.57 Å². The van der Waals surface area contributed by atoms with E-state index < -0.39 is 0 Å².